The first-order chi connectivity index (χ1) is 21.2. The zero-order valence-corrected chi connectivity index (χ0v) is 26.7. The molecule has 1 aliphatic carbocycles. The van der Waals surface area contributed by atoms with E-state index < -0.39 is 56.9 Å². The van der Waals surface area contributed by atoms with Crippen LogP contribution in [0.5, 0.6) is 5.75 Å². The summed E-state index contributed by atoms with van der Waals surface area (Å²) in [5.74, 6) is -0.713. The number of hydrogen-bond donors (Lipinski definition) is 1. The van der Waals surface area contributed by atoms with Crippen LogP contribution in [0.2, 0.25) is 5.02 Å². The van der Waals surface area contributed by atoms with Gasteiger partial charge in [0.15, 0.2) is 0 Å². The van der Waals surface area contributed by atoms with Gasteiger partial charge in [-0.05, 0) is 74.7 Å². The first kappa shape index (κ1) is 34.1. The lowest BCUT2D eigenvalue weighted by Crippen LogP contribution is -2.52. The van der Waals surface area contributed by atoms with Crippen LogP contribution in [0.25, 0.3) is 0 Å². The third kappa shape index (κ3) is 8.29. The van der Waals surface area contributed by atoms with Crippen molar-refractivity contribution in [3.05, 3.63) is 88.4 Å². The fourth-order valence-electron chi connectivity index (χ4n) is 5.19. The Morgan fingerprint density at radius 3 is 2.33 bits per heavy atom. The van der Waals surface area contributed by atoms with Crippen molar-refractivity contribution in [2.24, 2.45) is 0 Å². The number of aryl methyl sites for hydroxylation is 1. The standard InChI is InChI=1S/C32H35ClF3N3O5S/c1-21-11-14-27(15-12-21)45(42,43)39(25-13-16-29(33)28(18-25)32(34,35)36)20-30(40)38(19-23-7-6-10-26(17-23)44-3)22(2)31(41)37-24-8-4-5-9-24/h6-7,10-18,22,24H,4-5,8-9,19-20H2,1-3H3,(H,37,41)/t22-/m1/s1. The summed E-state index contributed by atoms with van der Waals surface area (Å²) in [6, 6.07) is 14.1. The van der Waals surface area contributed by atoms with E-state index in [1.807, 2.05) is 0 Å². The Hall–Kier alpha value is -3.77. The monoisotopic (exact) mass is 665 g/mol. The summed E-state index contributed by atoms with van der Waals surface area (Å²) < 4.78 is 75.3. The van der Waals surface area contributed by atoms with Gasteiger partial charge in [-0.2, -0.15) is 13.2 Å². The maximum absolute atomic E-state index is 14.1. The Labute approximate surface area is 266 Å². The molecule has 1 N–H and O–H groups in total. The Kier molecular flexibility index (Phi) is 10.7. The normalized spacial score (nSPS) is 14.6. The van der Waals surface area contributed by atoms with Gasteiger partial charge >= 0.3 is 6.18 Å². The second-order valence-corrected chi connectivity index (χ2v) is 13.3. The van der Waals surface area contributed by atoms with Crippen LogP contribution in [0.15, 0.2) is 71.6 Å². The summed E-state index contributed by atoms with van der Waals surface area (Å²) in [6.07, 6.45) is -1.33. The van der Waals surface area contributed by atoms with Gasteiger partial charge in [-0.15, -0.1) is 0 Å². The lowest BCUT2D eigenvalue weighted by Gasteiger charge is -2.32. The number of carbonyl (C=O) groups excluding carboxylic acids is 2. The third-order valence-electron chi connectivity index (χ3n) is 7.79. The zero-order chi connectivity index (χ0) is 32.9. The number of alkyl halides is 3. The Morgan fingerprint density at radius 2 is 1.71 bits per heavy atom. The molecule has 1 fully saturated rings. The summed E-state index contributed by atoms with van der Waals surface area (Å²) in [5.41, 5.74) is -0.309. The average molecular weight is 666 g/mol. The second kappa shape index (κ2) is 14.1. The number of nitrogens with one attached hydrogen (secondary N) is 1. The first-order valence-electron chi connectivity index (χ1n) is 14.4. The van der Waals surface area contributed by atoms with Gasteiger partial charge in [0.2, 0.25) is 11.8 Å². The maximum atomic E-state index is 14.1. The summed E-state index contributed by atoms with van der Waals surface area (Å²) >= 11 is 5.83. The first-order valence-corrected chi connectivity index (χ1v) is 16.2. The van der Waals surface area contributed by atoms with Crippen LogP contribution >= 0.6 is 11.6 Å². The topological polar surface area (TPSA) is 96.0 Å². The van der Waals surface area contributed by atoms with E-state index in [-0.39, 0.29) is 17.5 Å². The zero-order valence-electron chi connectivity index (χ0n) is 25.1. The lowest BCUT2D eigenvalue weighted by atomic mass is 10.1. The van der Waals surface area contributed by atoms with Crippen LogP contribution in [-0.4, -0.2) is 50.9 Å². The van der Waals surface area contributed by atoms with Gasteiger partial charge in [0.05, 0.1) is 28.3 Å². The SMILES string of the molecule is COc1cccc(CN(C(=O)CN(c2ccc(Cl)c(C(F)(F)F)c2)S(=O)(=O)c2ccc(C)cc2)[C@H](C)C(=O)NC2CCCC2)c1. The van der Waals surface area contributed by atoms with Crippen LogP contribution in [0.4, 0.5) is 18.9 Å². The van der Waals surface area contributed by atoms with Crippen molar-refractivity contribution in [1.29, 1.82) is 0 Å². The van der Waals surface area contributed by atoms with Crippen molar-refractivity contribution in [1.82, 2.24) is 10.2 Å². The number of carbonyl (C=O) groups is 2. The minimum Gasteiger partial charge on any atom is -0.497 e. The quantitative estimate of drug-likeness (QED) is 0.258. The van der Waals surface area contributed by atoms with E-state index in [2.05, 4.69) is 5.32 Å². The molecule has 0 unspecified atom stereocenters. The molecular weight excluding hydrogens is 631 g/mol. The molecule has 0 radical (unpaired) electrons. The Bertz CT molecular complexity index is 1630. The van der Waals surface area contributed by atoms with Crippen LogP contribution in [0, 0.1) is 6.92 Å². The third-order valence-corrected chi connectivity index (χ3v) is 9.90. The molecule has 0 spiro atoms. The number of hydrogen-bond acceptors (Lipinski definition) is 5. The average Bonchev–Trinajstić information content (AvgIpc) is 3.51. The molecule has 0 aromatic heterocycles. The number of benzene rings is 3. The summed E-state index contributed by atoms with van der Waals surface area (Å²) in [7, 11) is -3.09. The fourth-order valence-corrected chi connectivity index (χ4v) is 6.82. The predicted molar refractivity (Wildman–Crippen MR) is 166 cm³/mol. The number of halogens is 4. The molecule has 0 aliphatic heterocycles. The molecule has 0 heterocycles. The van der Waals surface area contributed by atoms with Crippen molar-refractivity contribution in [3.8, 4) is 5.75 Å². The van der Waals surface area contributed by atoms with Crippen molar-refractivity contribution in [3.63, 3.8) is 0 Å². The van der Waals surface area contributed by atoms with Crippen LogP contribution in [0.3, 0.4) is 0 Å². The molecule has 0 saturated heterocycles. The summed E-state index contributed by atoms with van der Waals surface area (Å²) in [6.45, 7) is 2.30. The Balaban J connectivity index is 1.76. The molecule has 1 saturated carbocycles. The van der Waals surface area contributed by atoms with Gasteiger partial charge < -0.3 is 15.0 Å². The fraction of sp³-hybridized carbons (Fsp3) is 0.375. The number of ether oxygens (including phenoxy) is 1. The number of sulfonamides is 1. The van der Waals surface area contributed by atoms with E-state index in [9.17, 15) is 31.2 Å². The van der Waals surface area contributed by atoms with Gasteiger partial charge in [0.25, 0.3) is 10.0 Å². The number of anilines is 1. The molecule has 4 rings (SSSR count). The van der Waals surface area contributed by atoms with Gasteiger partial charge in [-0.25, -0.2) is 8.42 Å². The highest BCUT2D eigenvalue weighted by Gasteiger charge is 2.37. The second-order valence-electron chi connectivity index (χ2n) is 11.0. The molecule has 0 bridgehead atoms. The van der Waals surface area contributed by atoms with E-state index in [1.165, 1.54) is 31.1 Å². The number of methoxy groups -OCH3 is 1. The van der Waals surface area contributed by atoms with Crippen molar-refractivity contribution < 1.29 is 35.9 Å². The molecule has 2 amide bonds. The summed E-state index contributed by atoms with van der Waals surface area (Å²) in [4.78, 5) is 28.5. The van der Waals surface area contributed by atoms with Gasteiger partial charge in [0, 0.05) is 12.6 Å². The van der Waals surface area contributed by atoms with Crippen LogP contribution in [0.1, 0.15) is 49.3 Å². The van der Waals surface area contributed by atoms with E-state index in [0.717, 1.165) is 43.4 Å². The number of amides is 2. The molecule has 13 heteroatoms. The molecule has 1 aliphatic rings. The largest absolute Gasteiger partial charge is 0.497 e. The molecule has 45 heavy (non-hydrogen) atoms. The lowest BCUT2D eigenvalue weighted by molar-refractivity contribution is -0.139. The maximum Gasteiger partial charge on any atom is 0.417 e. The van der Waals surface area contributed by atoms with Gasteiger partial charge in [0.1, 0.15) is 18.3 Å². The molecule has 3 aromatic carbocycles. The minimum absolute atomic E-state index is 0.0398. The highest BCUT2D eigenvalue weighted by atomic mass is 35.5. The Morgan fingerprint density at radius 1 is 1.04 bits per heavy atom. The van der Waals surface area contributed by atoms with Crippen LogP contribution in [-0.2, 0) is 32.3 Å². The number of rotatable bonds is 11. The van der Waals surface area contributed by atoms with E-state index in [1.54, 1.807) is 43.3 Å². The van der Waals surface area contributed by atoms with E-state index in [0.29, 0.717) is 21.7 Å². The molecule has 8 nitrogen and oxygen atoms in total. The van der Waals surface area contributed by atoms with Gasteiger partial charge in [-0.3, -0.25) is 13.9 Å². The smallest absolute Gasteiger partial charge is 0.417 e. The molecule has 1 atom stereocenters. The van der Waals surface area contributed by atoms with Crippen molar-refractivity contribution in [2.75, 3.05) is 18.0 Å². The number of nitrogens with zero attached hydrogens (tertiary/aromatic N) is 2. The molecule has 242 valence electrons. The highest BCUT2D eigenvalue weighted by Crippen LogP contribution is 2.38. The van der Waals surface area contributed by atoms with Gasteiger partial charge in [-0.1, -0.05) is 54.3 Å². The van der Waals surface area contributed by atoms with E-state index in [4.69, 9.17) is 16.3 Å². The molecule has 3 aromatic rings. The predicted octanol–water partition coefficient (Wildman–Crippen LogP) is 6.35. The van der Waals surface area contributed by atoms with Crippen molar-refractivity contribution in [2.45, 2.75) is 69.2 Å². The van der Waals surface area contributed by atoms with Crippen LogP contribution < -0.4 is 14.4 Å². The minimum atomic E-state index is -4.89. The highest BCUT2D eigenvalue weighted by molar-refractivity contribution is 7.92. The van der Waals surface area contributed by atoms with Crippen molar-refractivity contribution >= 4 is 39.1 Å². The summed E-state index contributed by atoms with van der Waals surface area (Å²) in [5, 5.41) is 2.35. The molecular formula is C32H35ClF3N3O5S. The van der Waals surface area contributed by atoms with E-state index >= 15 is 0 Å².